The van der Waals surface area contributed by atoms with Crippen molar-refractivity contribution >= 4 is 0 Å². The molecule has 0 aliphatic heterocycles. The third kappa shape index (κ3) is 3.00. The van der Waals surface area contributed by atoms with Gasteiger partial charge in [0.05, 0.1) is 0 Å². The normalized spacial score (nSPS) is 10.4. The Morgan fingerprint density at radius 2 is 1.06 bits per heavy atom. The molecule has 0 saturated carbocycles. The van der Waals surface area contributed by atoms with Gasteiger partial charge in [-0.25, -0.2) is 0 Å². The number of rotatable bonds is 4. The lowest BCUT2D eigenvalue weighted by Crippen LogP contribution is -1.91. The largest absolute Gasteiger partial charge is 0.508 e. The quantitative estimate of drug-likeness (QED) is 0.843. The monoisotopic (exact) mass is 228 g/mol. The van der Waals surface area contributed by atoms with Crippen LogP contribution in [-0.4, -0.2) is 10.2 Å². The Morgan fingerprint density at radius 3 is 1.47 bits per heavy atom. The number of hydrogen-bond donors (Lipinski definition) is 2. The number of hydrogen-bond acceptors (Lipinski definition) is 2. The molecule has 0 unspecified atom stereocenters. The summed E-state index contributed by atoms with van der Waals surface area (Å²) in [4.78, 5) is 0. The Kier molecular flexibility index (Phi) is 3.66. The Balaban J connectivity index is 1.93. The molecule has 0 fully saturated rings. The van der Waals surface area contributed by atoms with Crippen molar-refractivity contribution < 1.29 is 10.2 Å². The Bertz CT molecular complexity index is 446. The molecule has 17 heavy (non-hydrogen) atoms. The summed E-state index contributed by atoms with van der Waals surface area (Å²) in [6.45, 7) is 0. The number of phenolic OH excluding ortho intramolecular Hbond substituents is 2. The predicted molar refractivity (Wildman–Crippen MR) is 68.2 cm³/mol. The van der Waals surface area contributed by atoms with Crippen molar-refractivity contribution in [3.63, 3.8) is 0 Å². The zero-order valence-corrected chi connectivity index (χ0v) is 9.63. The first-order chi connectivity index (χ1) is 8.27. The van der Waals surface area contributed by atoms with E-state index >= 15 is 0 Å². The lowest BCUT2D eigenvalue weighted by Gasteiger charge is -2.05. The minimum absolute atomic E-state index is 0.352. The third-order valence-corrected chi connectivity index (χ3v) is 2.88. The van der Waals surface area contributed by atoms with Crippen molar-refractivity contribution in [1.82, 2.24) is 0 Å². The van der Waals surface area contributed by atoms with Crippen molar-refractivity contribution in [3.8, 4) is 11.5 Å². The average Bonchev–Trinajstić information content (AvgIpc) is 2.34. The highest BCUT2D eigenvalue weighted by Crippen LogP contribution is 2.21. The number of aryl methyl sites for hydroxylation is 2. The first-order valence-corrected chi connectivity index (χ1v) is 5.81. The van der Waals surface area contributed by atoms with E-state index in [2.05, 4.69) is 0 Å². The lowest BCUT2D eigenvalue weighted by atomic mass is 10.0. The molecule has 2 aromatic rings. The van der Waals surface area contributed by atoms with Crippen LogP contribution in [0.15, 0.2) is 48.5 Å². The fourth-order valence-electron chi connectivity index (χ4n) is 1.91. The number of para-hydroxylation sites is 2. The summed E-state index contributed by atoms with van der Waals surface area (Å²) in [5.74, 6) is 0.703. The molecular formula is C15H16O2. The van der Waals surface area contributed by atoms with E-state index in [4.69, 9.17) is 0 Å². The van der Waals surface area contributed by atoms with E-state index in [9.17, 15) is 10.2 Å². The van der Waals surface area contributed by atoms with Gasteiger partial charge >= 0.3 is 0 Å². The van der Waals surface area contributed by atoms with Crippen molar-refractivity contribution in [2.75, 3.05) is 0 Å². The molecule has 0 aromatic heterocycles. The fraction of sp³-hybridized carbons (Fsp3) is 0.200. The predicted octanol–water partition coefficient (Wildman–Crippen LogP) is 3.27. The van der Waals surface area contributed by atoms with Crippen LogP contribution < -0.4 is 0 Å². The van der Waals surface area contributed by atoms with Crippen molar-refractivity contribution in [2.45, 2.75) is 19.3 Å². The van der Waals surface area contributed by atoms with E-state index in [0.717, 1.165) is 30.4 Å². The highest BCUT2D eigenvalue weighted by atomic mass is 16.3. The van der Waals surface area contributed by atoms with Crippen LogP contribution in [0.4, 0.5) is 0 Å². The molecule has 0 aliphatic rings. The second-order valence-corrected chi connectivity index (χ2v) is 4.11. The van der Waals surface area contributed by atoms with Gasteiger partial charge in [0.15, 0.2) is 0 Å². The van der Waals surface area contributed by atoms with Gasteiger partial charge in [0, 0.05) is 0 Å². The smallest absolute Gasteiger partial charge is 0.118 e. The summed E-state index contributed by atoms with van der Waals surface area (Å²) >= 11 is 0. The molecular weight excluding hydrogens is 212 g/mol. The molecule has 88 valence electrons. The number of aromatic hydroxyl groups is 2. The summed E-state index contributed by atoms with van der Waals surface area (Å²) in [5, 5.41) is 19.2. The topological polar surface area (TPSA) is 40.5 Å². The van der Waals surface area contributed by atoms with Gasteiger partial charge in [0.1, 0.15) is 11.5 Å². The molecule has 0 heterocycles. The van der Waals surface area contributed by atoms with E-state index < -0.39 is 0 Å². The van der Waals surface area contributed by atoms with Crippen LogP contribution >= 0.6 is 0 Å². The van der Waals surface area contributed by atoms with E-state index in [1.54, 1.807) is 12.1 Å². The molecule has 0 aliphatic carbocycles. The maximum Gasteiger partial charge on any atom is 0.118 e. The minimum Gasteiger partial charge on any atom is -0.508 e. The van der Waals surface area contributed by atoms with E-state index in [0.29, 0.717) is 11.5 Å². The molecule has 0 spiro atoms. The van der Waals surface area contributed by atoms with Gasteiger partial charge in [-0.05, 0) is 42.5 Å². The zero-order valence-electron chi connectivity index (χ0n) is 9.63. The Morgan fingerprint density at radius 1 is 0.647 bits per heavy atom. The molecule has 0 bridgehead atoms. The van der Waals surface area contributed by atoms with Crippen LogP contribution in [0.25, 0.3) is 0 Å². The standard InChI is InChI=1S/C15H16O2/c16-14-10-3-1-6-12(14)8-5-9-13-7-2-4-11-15(13)17/h1-4,6-7,10-11,16-17H,5,8-9H2. The Labute approximate surface area is 101 Å². The van der Waals surface area contributed by atoms with Gasteiger partial charge in [0.2, 0.25) is 0 Å². The van der Waals surface area contributed by atoms with Crippen LogP contribution in [-0.2, 0) is 12.8 Å². The minimum atomic E-state index is 0.352. The van der Waals surface area contributed by atoms with Gasteiger partial charge in [-0.2, -0.15) is 0 Å². The Hall–Kier alpha value is -1.96. The van der Waals surface area contributed by atoms with Crippen LogP contribution in [0.5, 0.6) is 11.5 Å². The van der Waals surface area contributed by atoms with Crippen LogP contribution in [0.2, 0.25) is 0 Å². The zero-order chi connectivity index (χ0) is 12.1. The van der Waals surface area contributed by atoms with E-state index in [1.165, 1.54) is 0 Å². The van der Waals surface area contributed by atoms with Gasteiger partial charge in [-0.1, -0.05) is 36.4 Å². The first kappa shape index (κ1) is 11.5. The average molecular weight is 228 g/mol. The van der Waals surface area contributed by atoms with Gasteiger partial charge < -0.3 is 10.2 Å². The number of benzene rings is 2. The van der Waals surface area contributed by atoms with Crippen molar-refractivity contribution in [3.05, 3.63) is 59.7 Å². The molecule has 2 nitrogen and oxygen atoms in total. The molecule has 0 radical (unpaired) electrons. The van der Waals surface area contributed by atoms with Gasteiger partial charge in [0.25, 0.3) is 0 Å². The molecule has 0 saturated heterocycles. The highest BCUT2D eigenvalue weighted by molar-refractivity contribution is 5.33. The molecule has 0 atom stereocenters. The maximum atomic E-state index is 9.61. The summed E-state index contributed by atoms with van der Waals surface area (Å²) in [6.07, 6.45) is 2.55. The molecule has 2 N–H and O–H groups in total. The molecule has 2 aromatic carbocycles. The lowest BCUT2D eigenvalue weighted by molar-refractivity contribution is 0.463. The van der Waals surface area contributed by atoms with Crippen molar-refractivity contribution in [1.29, 1.82) is 0 Å². The van der Waals surface area contributed by atoms with Gasteiger partial charge in [-0.15, -0.1) is 0 Å². The summed E-state index contributed by atoms with van der Waals surface area (Å²) in [6, 6.07) is 14.8. The SMILES string of the molecule is Oc1ccccc1CCCc1ccccc1O. The van der Waals surface area contributed by atoms with Crippen LogP contribution in [0, 0.1) is 0 Å². The summed E-state index contributed by atoms with van der Waals surface area (Å²) in [7, 11) is 0. The summed E-state index contributed by atoms with van der Waals surface area (Å²) < 4.78 is 0. The van der Waals surface area contributed by atoms with Crippen LogP contribution in [0.1, 0.15) is 17.5 Å². The summed E-state index contributed by atoms with van der Waals surface area (Å²) in [5.41, 5.74) is 1.92. The highest BCUT2D eigenvalue weighted by Gasteiger charge is 2.02. The second-order valence-electron chi connectivity index (χ2n) is 4.11. The first-order valence-electron chi connectivity index (χ1n) is 5.81. The molecule has 2 heteroatoms. The van der Waals surface area contributed by atoms with Crippen molar-refractivity contribution in [2.24, 2.45) is 0 Å². The number of phenols is 2. The fourth-order valence-corrected chi connectivity index (χ4v) is 1.91. The van der Waals surface area contributed by atoms with E-state index in [1.807, 2.05) is 36.4 Å². The third-order valence-electron chi connectivity index (χ3n) is 2.88. The van der Waals surface area contributed by atoms with Gasteiger partial charge in [-0.3, -0.25) is 0 Å². The second kappa shape index (κ2) is 5.39. The molecule has 0 amide bonds. The van der Waals surface area contributed by atoms with E-state index in [-0.39, 0.29) is 0 Å². The molecule has 2 rings (SSSR count). The van der Waals surface area contributed by atoms with Crippen LogP contribution in [0.3, 0.4) is 0 Å². The maximum absolute atomic E-state index is 9.61.